The fraction of sp³-hybridized carbons (Fsp3) is 0.688. The van der Waals surface area contributed by atoms with Gasteiger partial charge in [-0.2, -0.15) is 0 Å². The Labute approximate surface area is 123 Å². The van der Waals surface area contributed by atoms with Crippen LogP contribution in [0.2, 0.25) is 0 Å². The predicted octanol–water partition coefficient (Wildman–Crippen LogP) is 2.11. The SMILES string of the molecule is CCCNCc1cnccc1N1CCN(C)C(CC)C1. The van der Waals surface area contributed by atoms with Crippen LogP contribution in [0.4, 0.5) is 5.69 Å². The van der Waals surface area contributed by atoms with Crippen molar-refractivity contribution in [2.24, 2.45) is 0 Å². The van der Waals surface area contributed by atoms with E-state index in [1.165, 1.54) is 24.1 Å². The Morgan fingerprint density at radius 2 is 2.20 bits per heavy atom. The molecule has 20 heavy (non-hydrogen) atoms. The molecule has 0 bridgehead atoms. The minimum Gasteiger partial charge on any atom is -0.368 e. The third-order valence-electron chi connectivity index (χ3n) is 4.21. The van der Waals surface area contributed by atoms with Crippen LogP contribution in [-0.4, -0.2) is 49.2 Å². The van der Waals surface area contributed by atoms with E-state index in [1.807, 2.05) is 12.4 Å². The van der Waals surface area contributed by atoms with Crippen molar-refractivity contribution >= 4 is 5.69 Å². The molecule has 4 nitrogen and oxygen atoms in total. The maximum absolute atomic E-state index is 4.30. The van der Waals surface area contributed by atoms with Crippen LogP contribution in [0, 0.1) is 0 Å². The van der Waals surface area contributed by atoms with Gasteiger partial charge >= 0.3 is 0 Å². The molecule has 1 fully saturated rings. The van der Waals surface area contributed by atoms with Crippen LogP contribution >= 0.6 is 0 Å². The topological polar surface area (TPSA) is 31.4 Å². The van der Waals surface area contributed by atoms with Crippen molar-refractivity contribution < 1.29 is 0 Å². The highest BCUT2D eigenvalue weighted by atomic mass is 15.3. The molecule has 1 aromatic rings. The van der Waals surface area contributed by atoms with Gasteiger partial charge in [0.15, 0.2) is 0 Å². The molecule has 1 atom stereocenters. The first-order valence-electron chi connectivity index (χ1n) is 7.85. The molecule has 1 aliphatic rings. The van der Waals surface area contributed by atoms with Crippen molar-refractivity contribution in [2.75, 3.05) is 38.1 Å². The Kier molecular flexibility index (Phi) is 5.80. The summed E-state index contributed by atoms with van der Waals surface area (Å²) in [4.78, 5) is 9.30. The molecule has 1 saturated heterocycles. The Hall–Kier alpha value is -1.13. The quantitative estimate of drug-likeness (QED) is 0.806. The second-order valence-corrected chi connectivity index (χ2v) is 5.67. The first-order chi connectivity index (χ1) is 9.76. The van der Waals surface area contributed by atoms with Gasteiger partial charge in [0.05, 0.1) is 0 Å². The lowest BCUT2D eigenvalue weighted by atomic mass is 10.1. The van der Waals surface area contributed by atoms with Gasteiger partial charge in [-0.25, -0.2) is 0 Å². The first kappa shape index (κ1) is 15.3. The highest BCUT2D eigenvalue weighted by Crippen LogP contribution is 2.23. The molecule has 0 amide bonds. The van der Waals surface area contributed by atoms with Crippen LogP contribution in [0.5, 0.6) is 0 Å². The third kappa shape index (κ3) is 3.70. The van der Waals surface area contributed by atoms with Gasteiger partial charge in [-0.15, -0.1) is 0 Å². The van der Waals surface area contributed by atoms with Crippen LogP contribution < -0.4 is 10.2 Å². The van der Waals surface area contributed by atoms with E-state index in [1.54, 1.807) is 0 Å². The van der Waals surface area contributed by atoms with Gasteiger partial charge in [-0.3, -0.25) is 9.88 Å². The Bertz CT molecular complexity index is 407. The van der Waals surface area contributed by atoms with Crippen LogP contribution in [0.3, 0.4) is 0 Å². The van der Waals surface area contributed by atoms with E-state index >= 15 is 0 Å². The third-order valence-corrected chi connectivity index (χ3v) is 4.21. The number of nitrogens with zero attached hydrogens (tertiary/aromatic N) is 3. The fourth-order valence-electron chi connectivity index (χ4n) is 2.87. The summed E-state index contributed by atoms with van der Waals surface area (Å²) in [5.41, 5.74) is 2.68. The van der Waals surface area contributed by atoms with Crippen LogP contribution in [0.15, 0.2) is 18.5 Å². The van der Waals surface area contributed by atoms with Crippen LogP contribution in [0.1, 0.15) is 32.3 Å². The van der Waals surface area contributed by atoms with Gasteiger partial charge in [-0.05, 0) is 32.5 Å². The number of nitrogens with one attached hydrogen (secondary N) is 1. The van der Waals surface area contributed by atoms with E-state index in [4.69, 9.17) is 0 Å². The standard InChI is InChI=1S/C16H28N4/c1-4-7-17-11-14-12-18-8-6-16(14)20-10-9-19(3)15(5-2)13-20/h6,8,12,15,17H,4-5,7,9-11,13H2,1-3H3. The first-order valence-corrected chi connectivity index (χ1v) is 7.85. The maximum atomic E-state index is 4.30. The van der Waals surface area contributed by atoms with Crippen molar-refractivity contribution in [2.45, 2.75) is 39.3 Å². The normalized spacial score (nSPS) is 20.4. The summed E-state index contributed by atoms with van der Waals surface area (Å²) in [5.74, 6) is 0. The molecule has 1 N–H and O–H groups in total. The van der Waals surface area contributed by atoms with Gasteiger partial charge in [0, 0.05) is 55.9 Å². The van der Waals surface area contributed by atoms with Gasteiger partial charge in [0.2, 0.25) is 0 Å². The zero-order valence-electron chi connectivity index (χ0n) is 13.1. The van der Waals surface area contributed by atoms with Crippen molar-refractivity contribution in [1.82, 2.24) is 15.2 Å². The monoisotopic (exact) mass is 276 g/mol. The summed E-state index contributed by atoms with van der Waals surface area (Å²) < 4.78 is 0. The van der Waals surface area contributed by atoms with E-state index in [0.29, 0.717) is 6.04 Å². The number of pyridine rings is 1. The molecule has 0 aliphatic carbocycles. The summed E-state index contributed by atoms with van der Waals surface area (Å²) >= 11 is 0. The molecule has 1 aliphatic heterocycles. The average molecular weight is 276 g/mol. The summed E-state index contributed by atoms with van der Waals surface area (Å²) in [6, 6.07) is 2.83. The largest absolute Gasteiger partial charge is 0.368 e. The Morgan fingerprint density at radius 1 is 1.35 bits per heavy atom. The van der Waals surface area contributed by atoms with E-state index in [2.05, 4.69) is 47.1 Å². The van der Waals surface area contributed by atoms with E-state index in [9.17, 15) is 0 Å². The molecular formula is C16H28N4. The minimum absolute atomic E-state index is 0.661. The number of aromatic nitrogens is 1. The highest BCUT2D eigenvalue weighted by Gasteiger charge is 2.24. The van der Waals surface area contributed by atoms with Crippen LogP contribution in [0.25, 0.3) is 0 Å². The average Bonchev–Trinajstić information content (AvgIpc) is 2.49. The number of rotatable bonds is 6. The van der Waals surface area contributed by atoms with Gasteiger partial charge < -0.3 is 10.2 Å². The fourth-order valence-corrected chi connectivity index (χ4v) is 2.87. The second-order valence-electron chi connectivity index (χ2n) is 5.67. The lowest BCUT2D eigenvalue weighted by Crippen LogP contribution is -2.51. The van der Waals surface area contributed by atoms with Crippen molar-refractivity contribution in [3.63, 3.8) is 0 Å². The van der Waals surface area contributed by atoms with E-state index < -0.39 is 0 Å². The summed E-state index contributed by atoms with van der Waals surface area (Å²) in [7, 11) is 2.24. The molecule has 1 aromatic heterocycles. The van der Waals surface area contributed by atoms with E-state index in [0.717, 1.165) is 32.7 Å². The zero-order valence-corrected chi connectivity index (χ0v) is 13.1. The maximum Gasteiger partial charge on any atom is 0.0443 e. The number of hydrogen-bond donors (Lipinski definition) is 1. The molecule has 2 heterocycles. The number of anilines is 1. The molecule has 0 spiro atoms. The second kappa shape index (κ2) is 7.60. The summed E-state index contributed by atoms with van der Waals surface area (Å²) in [6.07, 6.45) is 6.30. The molecular weight excluding hydrogens is 248 g/mol. The zero-order chi connectivity index (χ0) is 14.4. The van der Waals surface area contributed by atoms with Gasteiger partial charge in [-0.1, -0.05) is 13.8 Å². The summed E-state index contributed by atoms with van der Waals surface area (Å²) in [6.45, 7) is 9.83. The number of piperazine rings is 1. The van der Waals surface area contributed by atoms with Gasteiger partial charge in [0.25, 0.3) is 0 Å². The van der Waals surface area contributed by atoms with Crippen molar-refractivity contribution in [3.8, 4) is 0 Å². The molecule has 1 unspecified atom stereocenters. The van der Waals surface area contributed by atoms with E-state index in [-0.39, 0.29) is 0 Å². The molecule has 4 heteroatoms. The number of likely N-dealkylation sites (N-methyl/N-ethyl adjacent to an activating group) is 1. The molecule has 0 aromatic carbocycles. The molecule has 2 rings (SSSR count). The Balaban J connectivity index is 2.07. The lowest BCUT2D eigenvalue weighted by molar-refractivity contribution is 0.213. The summed E-state index contributed by atoms with van der Waals surface area (Å²) in [5, 5.41) is 3.49. The predicted molar refractivity (Wildman–Crippen MR) is 85.2 cm³/mol. The van der Waals surface area contributed by atoms with Gasteiger partial charge in [0.1, 0.15) is 0 Å². The molecule has 0 saturated carbocycles. The molecule has 112 valence electrons. The Morgan fingerprint density at radius 3 is 2.95 bits per heavy atom. The smallest absolute Gasteiger partial charge is 0.0443 e. The lowest BCUT2D eigenvalue weighted by Gasteiger charge is -2.41. The van der Waals surface area contributed by atoms with Crippen molar-refractivity contribution in [1.29, 1.82) is 0 Å². The number of hydrogen-bond acceptors (Lipinski definition) is 4. The van der Waals surface area contributed by atoms with Crippen molar-refractivity contribution in [3.05, 3.63) is 24.0 Å². The highest BCUT2D eigenvalue weighted by molar-refractivity contribution is 5.52. The molecule has 0 radical (unpaired) electrons. The van der Waals surface area contributed by atoms with Crippen LogP contribution in [-0.2, 0) is 6.54 Å². The minimum atomic E-state index is 0.661.